The summed E-state index contributed by atoms with van der Waals surface area (Å²) in [5, 5.41) is 8.69. The van der Waals surface area contributed by atoms with Crippen LogP contribution in [-0.4, -0.2) is 11.1 Å². The van der Waals surface area contributed by atoms with Crippen LogP contribution < -0.4 is 0 Å². The first-order valence-corrected chi connectivity index (χ1v) is 5.29. The number of hydrogen-bond acceptors (Lipinski definition) is 1. The summed E-state index contributed by atoms with van der Waals surface area (Å²) >= 11 is 0. The van der Waals surface area contributed by atoms with Gasteiger partial charge in [-0.05, 0) is 18.3 Å². The fraction of sp³-hybridized carbons (Fsp3) is 0.909. The van der Waals surface area contributed by atoms with E-state index in [1.165, 1.54) is 19.3 Å². The molecule has 0 bridgehead atoms. The van der Waals surface area contributed by atoms with Gasteiger partial charge in [0.25, 0.3) is 0 Å². The Morgan fingerprint density at radius 1 is 1.31 bits per heavy atom. The molecule has 0 spiro atoms. The molecule has 0 aromatic heterocycles. The van der Waals surface area contributed by atoms with Gasteiger partial charge in [0.15, 0.2) is 0 Å². The van der Waals surface area contributed by atoms with Gasteiger partial charge in [0.1, 0.15) is 0 Å². The topological polar surface area (TPSA) is 37.3 Å². The summed E-state index contributed by atoms with van der Waals surface area (Å²) in [7, 11) is 0. The molecule has 2 heteroatoms. The molecular formula is C11H22O2. The lowest BCUT2D eigenvalue weighted by Gasteiger charge is -2.18. The number of unbranched alkanes of at least 4 members (excludes halogenated alkanes) is 2. The molecule has 0 radical (unpaired) electrons. The van der Waals surface area contributed by atoms with Gasteiger partial charge < -0.3 is 5.11 Å². The standard InChI is InChI=1S/C11H22O2/c1-4-5-6-7-10(9(2)3)8-11(12)13/h9-10H,4-8H2,1-3H3,(H,12,13). The zero-order chi connectivity index (χ0) is 10.3. The molecule has 0 aliphatic heterocycles. The van der Waals surface area contributed by atoms with Crippen LogP contribution in [0.25, 0.3) is 0 Å². The van der Waals surface area contributed by atoms with E-state index in [-0.39, 0.29) is 0 Å². The van der Waals surface area contributed by atoms with Crippen molar-refractivity contribution >= 4 is 5.97 Å². The van der Waals surface area contributed by atoms with Crippen LogP contribution in [0.15, 0.2) is 0 Å². The van der Waals surface area contributed by atoms with E-state index in [2.05, 4.69) is 20.8 Å². The van der Waals surface area contributed by atoms with Gasteiger partial charge in [0, 0.05) is 6.42 Å². The Hall–Kier alpha value is -0.530. The van der Waals surface area contributed by atoms with Gasteiger partial charge in [-0.1, -0.05) is 40.0 Å². The van der Waals surface area contributed by atoms with Gasteiger partial charge in [0.2, 0.25) is 0 Å². The van der Waals surface area contributed by atoms with Gasteiger partial charge in [-0.25, -0.2) is 0 Å². The van der Waals surface area contributed by atoms with E-state index in [9.17, 15) is 4.79 Å². The normalized spacial score (nSPS) is 13.2. The van der Waals surface area contributed by atoms with Crippen LogP contribution in [-0.2, 0) is 4.79 Å². The summed E-state index contributed by atoms with van der Waals surface area (Å²) < 4.78 is 0. The fourth-order valence-corrected chi connectivity index (χ4v) is 1.55. The summed E-state index contributed by atoms with van der Waals surface area (Å²) in [6, 6.07) is 0. The number of hydrogen-bond donors (Lipinski definition) is 1. The molecule has 0 saturated carbocycles. The Morgan fingerprint density at radius 3 is 2.31 bits per heavy atom. The predicted octanol–water partition coefficient (Wildman–Crippen LogP) is 3.31. The third-order valence-corrected chi connectivity index (χ3v) is 2.56. The van der Waals surface area contributed by atoms with Crippen molar-refractivity contribution < 1.29 is 9.90 Å². The Bertz CT molecular complexity index is 141. The maximum Gasteiger partial charge on any atom is 0.303 e. The van der Waals surface area contributed by atoms with Gasteiger partial charge >= 0.3 is 5.97 Å². The van der Waals surface area contributed by atoms with Crippen molar-refractivity contribution in [2.75, 3.05) is 0 Å². The smallest absolute Gasteiger partial charge is 0.303 e. The minimum Gasteiger partial charge on any atom is -0.481 e. The monoisotopic (exact) mass is 186 g/mol. The zero-order valence-corrected chi connectivity index (χ0v) is 9.05. The van der Waals surface area contributed by atoms with Crippen LogP contribution in [0.4, 0.5) is 0 Å². The molecule has 0 aliphatic carbocycles. The quantitative estimate of drug-likeness (QED) is 0.619. The molecule has 0 saturated heterocycles. The molecule has 0 aromatic carbocycles. The third kappa shape index (κ3) is 6.62. The maximum atomic E-state index is 10.5. The third-order valence-electron chi connectivity index (χ3n) is 2.56. The molecule has 0 amide bonds. The first-order valence-electron chi connectivity index (χ1n) is 5.29. The molecule has 13 heavy (non-hydrogen) atoms. The van der Waals surface area contributed by atoms with Gasteiger partial charge in [-0.15, -0.1) is 0 Å². The summed E-state index contributed by atoms with van der Waals surface area (Å²) in [5.74, 6) is 0.201. The SMILES string of the molecule is CCCCCC(CC(=O)O)C(C)C. The summed E-state index contributed by atoms with van der Waals surface area (Å²) in [5.41, 5.74) is 0. The van der Waals surface area contributed by atoms with E-state index >= 15 is 0 Å². The van der Waals surface area contributed by atoms with Crippen LogP contribution in [0.2, 0.25) is 0 Å². The van der Waals surface area contributed by atoms with Gasteiger partial charge in [-0.3, -0.25) is 4.79 Å². The molecule has 78 valence electrons. The van der Waals surface area contributed by atoms with E-state index in [1.54, 1.807) is 0 Å². The molecule has 0 heterocycles. The molecule has 1 atom stereocenters. The molecule has 0 rings (SSSR count). The number of rotatable bonds is 7. The second-order valence-electron chi connectivity index (χ2n) is 4.10. The molecule has 1 N–H and O–H groups in total. The number of aliphatic carboxylic acids is 1. The van der Waals surface area contributed by atoms with E-state index in [1.807, 2.05) is 0 Å². The van der Waals surface area contributed by atoms with Crippen molar-refractivity contribution in [3.05, 3.63) is 0 Å². The van der Waals surface area contributed by atoms with Crippen molar-refractivity contribution in [3.8, 4) is 0 Å². The zero-order valence-electron chi connectivity index (χ0n) is 9.05. The fourth-order valence-electron chi connectivity index (χ4n) is 1.55. The Labute approximate surface area is 81.3 Å². The highest BCUT2D eigenvalue weighted by Crippen LogP contribution is 2.22. The number of carbonyl (C=O) groups is 1. The van der Waals surface area contributed by atoms with Crippen molar-refractivity contribution in [1.29, 1.82) is 0 Å². The molecule has 1 unspecified atom stereocenters. The van der Waals surface area contributed by atoms with E-state index < -0.39 is 5.97 Å². The molecular weight excluding hydrogens is 164 g/mol. The van der Waals surface area contributed by atoms with Crippen LogP contribution in [0.1, 0.15) is 52.9 Å². The Balaban J connectivity index is 3.74. The molecule has 0 aliphatic rings. The van der Waals surface area contributed by atoms with Crippen LogP contribution >= 0.6 is 0 Å². The Kier molecular flexibility index (Phi) is 6.65. The predicted molar refractivity (Wildman–Crippen MR) is 54.7 cm³/mol. The van der Waals surface area contributed by atoms with Crippen LogP contribution in [0.3, 0.4) is 0 Å². The number of carboxylic acid groups (broad SMARTS) is 1. The lowest BCUT2D eigenvalue weighted by atomic mass is 9.88. The minimum absolute atomic E-state index is 0.335. The van der Waals surface area contributed by atoms with Gasteiger partial charge in [0.05, 0.1) is 0 Å². The summed E-state index contributed by atoms with van der Waals surface area (Å²) in [6.07, 6.45) is 5.01. The Morgan fingerprint density at radius 2 is 1.92 bits per heavy atom. The largest absolute Gasteiger partial charge is 0.481 e. The lowest BCUT2D eigenvalue weighted by Crippen LogP contribution is -2.13. The highest BCUT2D eigenvalue weighted by atomic mass is 16.4. The van der Waals surface area contributed by atoms with Gasteiger partial charge in [-0.2, -0.15) is 0 Å². The average Bonchev–Trinajstić information content (AvgIpc) is 2.02. The summed E-state index contributed by atoms with van der Waals surface area (Å²) in [6.45, 7) is 6.39. The maximum absolute atomic E-state index is 10.5. The van der Waals surface area contributed by atoms with E-state index in [0.717, 1.165) is 6.42 Å². The minimum atomic E-state index is -0.657. The van der Waals surface area contributed by atoms with Crippen LogP contribution in [0, 0.1) is 11.8 Å². The highest BCUT2D eigenvalue weighted by Gasteiger charge is 2.16. The van der Waals surface area contributed by atoms with Crippen molar-refractivity contribution in [2.24, 2.45) is 11.8 Å². The highest BCUT2D eigenvalue weighted by molar-refractivity contribution is 5.67. The van der Waals surface area contributed by atoms with Crippen LogP contribution in [0.5, 0.6) is 0 Å². The van der Waals surface area contributed by atoms with Crippen molar-refractivity contribution in [3.63, 3.8) is 0 Å². The summed E-state index contributed by atoms with van der Waals surface area (Å²) in [4.78, 5) is 10.5. The second kappa shape index (κ2) is 6.93. The van der Waals surface area contributed by atoms with E-state index in [4.69, 9.17) is 5.11 Å². The first-order chi connectivity index (χ1) is 6.07. The number of carboxylic acids is 1. The first kappa shape index (κ1) is 12.5. The second-order valence-corrected chi connectivity index (χ2v) is 4.10. The molecule has 2 nitrogen and oxygen atoms in total. The lowest BCUT2D eigenvalue weighted by molar-refractivity contribution is -0.138. The van der Waals surface area contributed by atoms with Crippen molar-refractivity contribution in [2.45, 2.75) is 52.9 Å². The van der Waals surface area contributed by atoms with Crippen molar-refractivity contribution in [1.82, 2.24) is 0 Å². The molecule has 0 fully saturated rings. The van der Waals surface area contributed by atoms with E-state index in [0.29, 0.717) is 18.3 Å². The molecule has 0 aromatic rings. The average molecular weight is 186 g/mol.